The van der Waals surface area contributed by atoms with Crippen molar-refractivity contribution in [3.8, 4) is 0 Å². The van der Waals surface area contributed by atoms with Crippen LogP contribution in [0.15, 0.2) is 12.1 Å². The summed E-state index contributed by atoms with van der Waals surface area (Å²) in [6, 6.07) is 3.40. The molecule has 0 saturated carbocycles. The van der Waals surface area contributed by atoms with Gasteiger partial charge in [0.05, 0.1) is 0 Å². The lowest BCUT2D eigenvalue weighted by atomic mass is 10.3. The Kier molecular flexibility index (Phi) is 6.81. The molecule has 6 heteroatoms. The Morgan fingerprint density at radius 2 is 2.05 bits per heavy atom. The summed E-state index contributed by atoms with van der Waals surface area (Å²) in [5.41, 5.74) is 0.345. The minimum absolute atomic E-state index is 0.178. The van der Waals surface area contributed by atoms with Gasteiger partial charge >= 0.3 is 0 Å². The number of carbonyl (C=O) groups is 1. The number of rotatable bonds is 8. The second-order valence-electron chi connectivity index (χ2n) is 4.24. The first-order valence-electron chi connectivity index (χ1n) is 6.73. The number of nitrogens with one attached hydrogen (secondary N) is 2. The van der Waals surface area contributed by atoms with E-state index in [0.29, 0.717) is 18.1 Å². The fourth-order valence-corrected chi connectivity index (χ4v) is 1.75. The van der Waals surface area contributed by atoms with Gasteiger partial charge in [0.15, 0.2) is 5.69 Å². The average molecular weight is 265 g/mol. The summed E-state index contributed by atoms with van der Waals surface area (Å²) in [5.74, 6) is 0.472. The van der Waals surface area contributed by atoms with E-state index in [4.69, 9.17) is 0 Å². The highest BCUT2D eigenvalue weighted by Crippen LogP contribution is 2.00. The maximum absolute atomic E-state index is 11.8. The van der Waals surface area contributed by atoms with E-state index in [1.165, 1.54) is 0 Å². The van der Waals surface area contributed by atoms with Crippen LogP contribution in [-0.2, 0) is 0 Å². The third kappa shape index (κ3) is 5.21. The number of carbonyl (C=O) groups excluding carboxylic acids is 1. The van der Waals surface area contributed by atoms with Crippen LogP contribution in [0.3, 0.4) is 0 Å². The number of aromatic nitrogens is 2. The number of hydrogen-bond donors (Lipinski definition) is 2. The third-order valence-electron chi connectivity index (χ3n) is 2.85. The van der Waals surface area contributed by atoms with Crippen molar-refractivity contribution in [1.82, 2.24) is 20.4 Å². The van der Waals surface area contributed by atoms with Gasteiger partial charge in [0.2, 0.25) is 0 Å². The smallest absolute Gasteiger partial charge is 0.271 e. The summed E-state index contributed by atoms with van der Waals surface area (Å²) < 4.78 is 0. The lowest BCUT2D eigenvalue weighted by Gasteiger charge is -2.19. The van der Waals surface area contributed by atoms with Gasteiger partial charge < -0.3 is 15.5 Å². The molecule has 0 aliphatic heterocycles. The summed E-state index contributed by atoms with van der Waals surface area (Å²) in [6.07, 6.45) is 1.12. The second-order valence-corrected chi connectivity index (χ2v) is 4.24. The Labute approximate surface area is 114 Å². The van der Waals surface area contributed by atoms with Gasteiger partial charge in [0, 0.05) is 20.1 Å². The number of amides is 1. The van der Waals surface area contributed by atoms with Crippen molar-refractivity contribution in [2.45, 2.75) is 20.3 Å². The van der Waals surface area contributed by atoms with Crippen LogP contribution in [0.5, 0.6) is 0 Å². The van der Waals surface area contributed by atoms with E-state index < -0.39 is 0 Å². The van der Waals surface area contributed by atoms with Gasteiger partial charge in [-0.1, -0.05) is 13.8 Å². The molecule has 106 valence electrons. The van der Waals surface area contributed by atoms with Crippen LogP contribution in [0.1, 0.15) is 30.8 Å². The van der Waals surface area contributed by atoms with Gasteiger partial charge in [-0.2, -0.15) is 0 Å². The monoisotopic (exact) mass is 265 g/mol. The molecule has 1 amide bonds. The van der Waals surface area contributed by atoms with Crippen molar-refractivity contribution < 1.29 is 4.79 Å². The van der Waals surface area contributed by atoms with Gasteiger partial charge in [0.1, 0.15) is 5.82 Å². The first kappa shape index (κ1) is 15.4. The number of anilines is 1. The van der Waals surface area contributed by atoms with Crippen LogP contribution in [0.25, 0.3) is 0 Å². The molecular formula is C13H23N5O. The molecule has 1 aromatic rings. The molecule has 0 atom stereocenters. The van der Waals surface area contributed by atoms with Crippen molar-refractivity contribution in [1.29, 1.82) is 0 Å². The maximum Gasteiger partial charge on any atom is 0.271 e. The Balaban J connectivity index is 2.37. The highest BCUT2D eigenvalue weighted by molar-refractivity contribution is 5.92. The quantitative estimate of drug-likeness (QED) is 0.733. The first-order valence-corrected chi connectivity index (χ1v) is 6.73. The van der Waals surface area contributed by atoms with E-state index in [0.717, 1.165) is 26.1 Å². The van der Waals surface area contributed by atoms with E-state index in [9.17, 15) is 4.79 Å². The van der Waals surface area contributed by atoms with Gasteiger partial charge in [-0.05, 0) is 31.6 Å². The molecule has 2 N–H and O–H groups in total. The molecule has 0 spiro atoms. The molecule has 0 radical (unpaired) electrons. The van der Waals surface area contributed by atoms with E-state index in [-0.39, 0.29) is 5.91 Å². The second kappa shape index (κ2) is 8.42. The van der Waals surface area contributed by atoms with Crippen molar-refractivity contribution in [3.63, 3.8) is 0 Å². The number of nitrogens with zero attached hydrogens (tertiary/aromatic N) is 3. The zero-order valence-corrected chi connectivity index (χ0v) is 11.9. The van der Waals surface area contributed by atoms with Gasteiger partial charge in [0.25, 0.3) is 5.91 Å². The molecule has 19 heavy (non-hydrogen) atoms. The molecular weight excluding hydrogens is 242 g/mol. The topological polar surface area (TPSA) is 70.2 Å². The Morgan fingerprint density at radius 1 is 1.26 bits per heavy atom. The summed E-state index contributed by atoms with van der Waals surface area (Å²) in [6.45, 7) is 7.82. The fraction of sp³-hybridized carbons (Fsp3) is 0.615. The van der Waals surface area contributed by atoms with Crippen LogP contribution in [-0.4, -0.2) is 54.2 Å². The Bertz CT molecular complexity index is 379. The van der Waals surface area contributed by atoms with Crippen molar-refractivity contribution in [2.75, 3.05) is 38.5 Å². The molecule has 0 bridgehead atoms. The van der Waals surface area contributed by atoms with Crippen LogP contribution in [0.4, 0.5) is 5.82 Å². The zero-order chi connectivity index (χ0) is 14.1. The van der Waals surface area contributed by atoms with Crippen molar-refractivity contribution in [3.05, 3.63) is 17.8 Å². The van der Waals surface area contributed by atoms with Crippen LogP contribution in [0, 0.1) is 0 Å². The first-order chi connectivity index (χ1) is 9.21. The predicted octanol–water partition coefficient (Wildman–Crippen LogP) is 0.980. The summed E-state index contributed by atoms with van der Waals surface area (Å²) in [5, 5.41) is 13.5. The molecule has 0 aliphatic carbocycles. The lowest BCUT2D eigenvalue weighted by Crippen LogP contribution is -2.35. The Morgan fingerprint density at radius 3 is 2.58 bits per heavy atom. The third-order valence-corrected chi connectivity index (χ3v) is 2.85. The molecule has 1 rings (SSSR count). The zero-order valence-electron chi connectivity index (χ0n) is 11.9. The molecule has 0 unspecified atom stereocenters. The van der Waals surface area contributed by atoms with E-state index in [1.807, 2.05) is 0 Å². The largest absolute Gasteiger partial charge is 0.372 e. The molecule has 1 aromatic heterocycles. The molecule has 1 heterocycles. The minimum atomic E-state index is -0.178. The van der Waals surface area contributed by atoms with Gasteiger partial charge in [-0.25, -0.2) is 0 Å². The van der Waals surface area contributed by atoms with Gasteiger partial charge in [-0.15, -0.1) is 10.2 Å². The number of likely N-dealkylation sites (N-methyl/N-ethyl adjacent to an activating group) is 1. The molecule has 0 aliphatic rings. The van der Waals surface area contributed by atoms with Crippen molar-refractivity contribution in [2.24, 2.45) is 0 Å². The Hall–Kier alpha value is -1.69. The summed E-state index contributed by atoms with van der Waals surface area (Å²) in [4.78, 5) is 14.1. The van der Waals surface area contributed by atoms with Crippen LogP contribution in [0.2, 0.25) is 0 Å². The maximum atomic E-state index is 11.8. The van der Waals surface area contributed by atoms with E-state index in [2.05, 4.69) is 39.6 Å². The van der Waals surface area contributed by atoms with Crippen LogP contribution < -0.4 is 10.6 Å². The van der Waals surface area contributed by atoms with Crippen molar-refractivity contribution >= 4 is 11.7 Å². The highest BCUT2D eigenvalue weighted by atomic mass is 16.1. The van der Waals surface area contributed by atoms with Gasteiger partial charge in [-0.3, -0.25) is 4.79 Å². The standard InChI is InChI=1S/C13H23N5O/c1-4-9-18(5-2)10-8-15-13(19)11-6-7-12(14-3)17-16-11/h6-7H,4-5,8-10H2,1-3H3,(H,14,17)(H,15,19). The minimum Gasteiger partial charge on any atom is -0.372 e. The normalized spacial score (nSPS) is 10.5. The summed E-state index contributed by atoms with van der Waals surface area (Å²) >= 11 is 0. The molecule has 0 fully saturated rings. The van der Waals surface area contributed by atoms with E-state index in [1.54, 1.807) is 19.2 Å². The van der Waals surface area contributed by atoms with E-state index >= 15 is 0 Å². The molecule has 0 saturated heterocycles. The highest BCUT2D eigenvalue weighted by Gasteiger charge is 2.08. The SMILES string of the molecule is CCCN(CC)CCNC(=O)c1ccc(NC)nn1. The lowest BCUT2D eigenvalue weighted by molar-refractivity contribution is 0.0942. The molecule has 6 nitrogen and oxygen atoms in total. The molecule has 0 aromatic carbocycles. The predicted molar refractivity (Wildman–Crippen MR) is 76.3 cm³/mol. The summed E-state index contributed by atoms with van der Waals surface area (Å²) in [7, 11) is 1.76. The fourth-order valence-electron chi connectivity index (χ4n) is 1.75. The average Bonchev–Trinajstić information content (AvgIpc) is 2.46. The van der Waals surface area contributed by atoms with Crippen LogP contribution >= 0.6 is 0 Å². The number of hydrogen-bond acceptors (Lipinski definition) is 5.